The van der Waals surface area contributed by atoms with E-state index in [1.165, 1.54) is 12.1 Å². The van der Waals surface area contributed by atoms with Crippen LogP contribution in [0.3, 0.4) is 0 Å². The molecule has 11 heteroatoms. The topological polar surface area (TPSA) is 151 Å². The summed E-state index contributed by atoms with van der Waals surface area (Å²) < 4.78 is 5.66. The second kappa shape index (κ2) is 12.9. The third-order valence-corrected chi connectivity index (χ3v) is 7.10. The molecule has 0 radical (unpaired) electrons. The minimum absolute atomic E-state index is 0.0405. The van der Waals surface area contributed by atoms with E-state index in [9.17, 15) is 24.0 Å². The average Bonchev–Trinajstić information content (AvgIpc) is 3.16. The zero-order valence-corrected chi connectivity index (χ0v) is 25.4. The van der Waals surface area contributed by atoms with Gasteiger partial charge in [0.2, 0.25) is 5.91 Å². The number of aromatic nitrogens is 2. The Labute approximate surface area is 250 Å². The van der Waals surface area contributed by atoms with E-state index in [1.54, 1.807) is 39.8 Å². The number of aromatic amines is 1. The predicted octanol–water partition coefficient (Wildman–Crippen LogP) is 3.50. The van der Waals surface area contributed by atoms with Gasteiger partial charge in [-0.05, 0) is 75.4 Å². The lowest BCUT2D eigenvalue weighted by Crippen LogP contribution is -2.53. The molecule has 1 aromatic heterocycles. The highest BCUT2D eigenvalue weighted by atomic mass is 16.6. The molecule has 1 unspecified atom stereocenters. The van der Waals surface area contributed by atoms with E-state index in [0.717, 1.165) is 15.7 Å². The molecule has 0 saturated carbocycles. The van der Waals surface area contributed by atoms with Gasteiger partial charge in [0, 0.05) is 12.6 Å². The van der Waals surface area contributed by atoms with Crippen LogP contribution in [0.4, 0.5) is 0 Å². The van der Waals surface area contributed by atoms with Crippen molar-refractivity contribution in [2.75, 3.05) is 6.54 Å². The Morgan fingerprint density at radius 2 is 1.53 bits per heavy atom. The number of amides is 3. The molecule has 0 spiro atoms. The number of hydrogen-bond donors (Lipinski definition) is 3. The molecule has 3 atom stereocenters. The van der Waals surface area contributed by atoms with Crippen LogP contribution in [-0.2, 0) is 14.3 Å². The van der Waals surface area contributed by atoms with E-state index in [0.29, 0.717) is 23.2 Å². The third-order valence-electron chi connectivity index (χ3n) is 7.10. The molecular formula is C32H39N5O6. The molecule has 3 amide bonds. The van der Waals surface area contributed by atoms with Gasteiger partial charge in [-0.2, -0.15) is 5.10 Å². The highest BCUT2D eigenvalue weighted by Gasteiger charge is 2.38. The first-order valence-corrected chi connectivity index (χ1v) is 14.5. The van der Waals surface area contributed by atoms with Gasteiger partial charge < -0.3 is 10.1 Å². The summed E-state index contributed by atoms with van der Waals surface area (Å²) in [7, 11) is 0. The SMILES string of the molecule is CC(C)CC(N[C@H](CCN1C(=O)c2cc3ccccc3cc2C1=O)C(=O)OC(C)(C)C)C(=O)N[C@@H](C)c1ccc(=O)[nH]n1. The van der Waals surface area contributed by atoms with E-state index in [4.69, 9.17) is 4.74 Å². The van der Waals surface area contributed by atoms with Gasteiger partial charge in [0.1, 0.15) is 11.6 Å². The molecule has 11 nitrogen and oxygen atoms in total. The number of carbonyl (C=O) groups excluding carboxylic acids is 4. The van der Waals surface area contributed by atoms with Gasteiger partial charge >= 0.3 is 5.97 Å². The fourth-order valence-corrected chi connectivity index (χ4v) is 5.03. The molecule has 0 bridgehead atoms. The molecule has 2 aromatic carbocycles. The number of nitrogens with zero attached hydrogens (tertiary/aromatic N) is 2. The van der Waals surface area contributed by atoms with Gasteiger partial charge in [-0.15, -0.1) is 0 Å². The number of esters is 1. The molecule has 0 aliphatic carbocycles. The van der Waals surface area contributed by atoms with E-state index < -0.39 is 41.5 Å². The normalized spacial score (nSPS) is 15.4. The van der Waals surface area contributed by atoms with Gasteiger partial charge in [0.05, 0.1) is 28.9 Å². The van der Waals surface area contributed by atoms with E-state index in [-0.39, 0.29) is 30.3 Å². The Morgan fingerprint density at radius 3 is 2.05 bits per heavy atom. The zero-order valence-electron chi connectivity index (χ0n) is 25.4. The maximum absolute atomic E-state index is 13.5. The number of hydrogen-bond acceptors (Lipinski definition) is 8. The van der Waals surface area contributed by atoms with E-state index in [2.05, 4.69) is 20.8 Å². The van der Waals surface area contributed by atoms with Crippen LogP contribution < -0.4 is 16.2 Å². The van der Waals surface area contributed by atoms with Crippen LogP contribution in [0.2, 0.25) is 0 Å². The Hall–Kier alpha value is -4.38. The van der Waals surface area contributed by atoms with Crippen LogP contribution >= 0.6 is 0 Å². The van der Waals surface area contributed by atoms with Crippen molar-refractivity contribution in [1.29, 1.82) is 0 Å². The van der Waals surface area contributed by atoms with E-state index in [1.807, 2.05) is 38.1 Å². The number of fused-ring (bicyclic) bond motifs is 2. The first-order chi connectivity index (χ1) is 20.2. The Morgan fingerprint density at radius 1 is 0.930 bits per heavy atom. The van der Waals surface area contributed by atoms with Gasteiger partial charge in [0.15, 0.2) is 0 Å². The number of ether oxygens (including phenoxy) is 1. The average molecular weight is 590 g/mol. The van der Waals surface area contributed by atoms with Crippen molar-refractivity contribution in [3.63, 3.8) is 0 Å². The highest BCUT2D eigenvalue weighted by molar-refractivity contribution is 6.23. The highest BCUT2D eigenvalue weighted by Crippen LogP contribution is 2.28. The van der Waals surface area contributed by atoms with Gasteiger partial charge in [-0.3, -0.25) is 34.2 Å². The molecule has 2 heterocycles. The van der Waals surface area contributed by atoms with E-state index >= 15 is 0 Å². The summed E-state index contributed by atoms with van der Waals surface area (Å²) >= 11 is 0. The van der Waals surface area contributed by atoms with Crippen molar-refractivity contribution in [3.05, 3.63) is 75.7 Å². The van der Waals surface area contributed by atoms with Crippen molar-refractivity contribution in [2.24, 2.45) is 5.92 Å². The molecule has 43 heavy (non-hydrogen) atoms. The number of carbonyl (C=O) groups is 4. The summed E-state index contributed by atoms with van der Waals surface area (Å²) in [5.74, 6) is -1.71. The lowest BCUT2D eigenvalue weighted by atomic mass is 10.0. The van der Waals surface area contributed by atoms with Gasteiger partial charge in [-0.25, -0.2) is 5.10 Å². The Bertz CT molecular complexity index is 1520. The van der Waals surface area contributed by atoms with Crippen LogP contribution in [0.25, 0.3) is 10.8 Å². The molecule has 0 saturated heterocycles. The smallest absolute Gasteiger partial charge is 0.323 e. The van der Waals surface area contributed by atoms with Crippen molar-refractivity contribution in [3.8, 4) is 0 Å². The minimum Gasteiger partial charge on any atom is -0.459 e. The second-order valence-corrected chi connectivity index (χ2v) is 12.3. The molecule has 228 valence electrons. The standard InChI is InChI=1S/C32H39N5O6/c1-18(2)15-26(28(39)33-19(3)24-11-12-27(38)36-35-24)34-25(31(42)43-32(4,5)6)13-14-37-29(40)22-16-20-9-7-8-10-21(20)17-23(22)30(37)41/h7-12,16-19,25-26,34H,13-15H2,1-6H3,(H,33,39)(H,36,38)/t19-,25+,26?/m0/s1. The first-order valence-electron chi connectivity index (χ1n) is 14.5. The number of H-pyrrole nitrogens is 1. The summed E-state index contributed by atoms with van der Waals surface area (Å²) in [6.45, 7) is 10.8. The summed E-state index contributed by atoms with van der Waals surface area (Å²) in [4.78, 5) is 65.9. The number of benzene rings is 2. The quantitative estimate of drug-likeness (QED) is 0.227. The van der Waals surface area contributed by atoms with Crippen molar-refractivity contribution in [2.45, 2.75) is 78.1 Å². The number of rotatable bonds is 11. The summed E-state index contributed by atoms with van der Waals surface area (Å²) in [5, 5.41) is 14.1. The van der Waals surface area contributed by atoms with Crippen LogP contribution in [0.15, 0.2) is 53.3 Å². The van der Waals surface area contributed by atoms with Gasteiger partial charge in [0.25, 0.3) is 17.4 Å². The summed E-state index contributed by atoms with van der Waals surface area (Å²) in [5.41, 5.74) is -0.0291. The third kappa shape index (κ3) is 7.72. The lowest BCUT2D eigenvalue weighted by molar-refractivity contribution is -0.158. The molecule has 1 aliphatic rings. The molecule has 3 aromatic rings. The Kier molecular flexibility index (Phi) is 9.44. The second-order valence-electron chi connectivity index (χ2n) is 12.3. The van der Waals surface area contributed by atoms with Crippen molar-refractivity contribution >= 4 is 34.5 Å². The van der Waals surface area contributed by atoms with Crippen LogP contribution in [0, 0.1) is 5.92 Å². The summed E-state index contributed by atoms with van der Waals surface area (Å²) in [6.07, 6.45) is 0.440. The van der Waals surface area contributed by atoms with Crippen LogP contribution in [0.1, 0.15) is 86.8 Å². The van der Waals surface area contributed by atoms with Crippen molar-refractivity contribution in [1.82, 2.24) is 25.7 Å². The monoisotopic (exact) mass is 589 g/mol. The molecular weight excluding hydrogens is 550 g/mol. The summed E-state index contributed by atoms with van der Waals surface area (Å²) in [6, 6.07) is 11.5. The maximum atomic E-state index is 13.5. The minimum atomic E-state index is -0.987. The molecule has 3 N–H and O–H groups in total. The molecule has 4 rings (SSSR count). The fourth-order valence-electron chi connectivity index (χ4n) is 5.03. The molecule has 0 fully saturated rings. The van der Waals surface area contributed by atoms with Crippen LogP contribution in [0.5, 0.6) is 0 Å². The number of nitrogens with one attached hydrogen (secondary N) is 3. The lowest BCUT2D eigenvalue weighted by Gasteiger charge is -2.29. The Balaban J connectivity index is 1.53. The number of imide groups is 1. The van der Waals surface area contributed by atoms with Gasteiger partial charge in [-0.1, -0.05) is 38.1 Å². The first kappa shape index (κ1) is 31.6. The zero-order chi connectivity index (χ0) is 31.5. The van der Waals surface area contributed by atoms with Crippen LogP contribution in [-0.4, -0.2) is 63.0 Å². The maximum Gasteiger partial charge on any atom is 0.323 e. The largest absolute Gasteiger partial charge is 0.459 e. The predicted molar refractivity (Wildman–Crippen MR) is 161 cm³/mol. The fraction of sp³-hybridized carbons (Fsp3) is 0.438. The van der Waals surface area contributed by atoms with Crippen molar-refractivity contribution < 1.29 is 23.9 Å². The molecule has 1 aliphatic heterocycles.